The van der Waals surface area contributed by atoms with Crippen molar-refractivity contribution in [2.75, 3.05) is 0 Å². The van der Waals surface area contributed by atoms with E-state index in [0.29, 0.717) is 0 Å². The van der Waals surface area contributed by atoms with Crippen LogP contribution in [0.3, 0.4) is 0 Å². The van der Waals surface area contributed by atoms with Gasteiger partial charge in [0.1, 0.15) is 0 Å². The molecule has 9 unspecified atom stereocenters. The van der Waals surface area contributed by atoms with Crippen LogP contribution in [0.2, 0.25) is 0 Å². The summed E-state index contributed by atoms with van der Waals surface area (Å²) in [7, 11) is 1.35. The average Bonchev–Trinajstić information content (AvgIpc) is 2.83. The molecule has 20 heavy (non-hydrogen) atoms. The van der Waals surface area contributed by atoms with E-state index in [2.05, 4.69) is 13.8 Å². The first-order valence-electron chi connectivity index (χ1n) is 9.59. The predicted octanol–water partition coefficient (Wildman–Crippen LogP) is 5.70. The number of rotatable bonds is 2. The second-order valence-corrected chi connectivity index (χ2v) is 10.0. The van der Waals surface area contributed by atoms with Gasteiger partial charge in [-0.3, -0.25) is 0 Å². The second-order valence-electron chi connectivity index (χ2n) is 8.29. The van der Waals surface area contributed by atoms with Crippen molar-refractivity contribution in [3.05, 3.63) is 0 Å². The van der Waals surface area contributed by atoms with Gasteiger partial charge < -0.3 is 0 Å². The predicted molar refractivity (Wildman–Crippen MR) is 89.7 cm³/mol. The lowest BCUT2D eigenvalue weighted by Gasteiger charge is -2.32. The number of hydrogen-bond acceptors (Lipinski definition) is 0. The summed E-state index contributed by atoms with van der Waals surface area (Å²) in [5.41, 5.74) is 2.35. The molecular formula is C19H33P. The van der Waals surface area contributed by atoms with Gasteiger partial charge in [-0.25, -0.2) is 0 Å². The lowest BCUT2D eigenvalue weighted by molar-refractivity contribution is 0.196. The minimum atomic E-state index is 1.08. The normalized spacial score (nSPS) is 55.5. The van der Waals surface area contributed by atoms with Crippen LogP contribution in [0, 0.1) is 35.5 Å². The van der Waals surface area contributed by atoms with E-state index in [9.17, 15) is 0 Å². The maximum absolute atomic E-state index is 2.47. The fourth-order valence-electron chi connectivity index (χ4n) is 6.62. The monoisotopic (exact) mass is 292 g/mol. The summed E-state index contributed by atoms with van der Waals surface area (Å²) < 4.78 is 0. The van der Waals surface area contributed by atoms with E-state index >= 15 is 0 Å². The van der Waals surface area contributed by atoms with Crippen molar-refractivity contribution >= 4 is 8.58 Å². The molecule has 0 aromatic heterocycles. The van der Waals surface area contributed by atoms with Gasteiger partial charge in [0.25, 0.3) is 0 Å². The third-order valence-electron chi connectivity index (χ3n) is 7.68. The standard InChI is InChI=1S/C19H33P/c1-3-12-8-10-15-17(4-2)20-19-16(18(15)19)11-9-13-6-5-7-14(12)13/h12-20H,3-11H2,1-2H3. The van der Waals surface area contributed by atoms with Crippen LogP contribution in [0.4, 0.5) is 0 Å². The molecule has 0 nitrogen and oxygen atoms in total. The van der Waals surface area contributed by atoms with E-state index in [4.69, 9.17) is 0 Å². The van der Waals surface area contributed by atoms with Crippen LogP contribution in [0.5, 0.6) is 0 Å². The van der Waals surface area contributed by atoms with Crippen molar-refractivity contribution in [1.29, 1.82) is 0 Å². The molecule has 0 N–H and O–H groups in total. The topological polar surface area (TPSA) is 0 Å². The highest BCUT2D eigenvalue weighted by Gasteiger charge is 2.60. The van der Waals surface area contributed by atoms with Gasteiger partial charge in [-0.05, 0) is 85.4 Å². The van der Waals surface area contributed by atoms with Crippen molar-refractivity contribution in [2.24, 2.45) is 35.5 Å². The van der Waals surface area contributed by atoms with Crippen molar-refractivity contribution < 1.29 is 0 Å². The molecule has 3 aliphatic carbocycles. The molecule has 114 valence electrons. The smallest absolute Gasteiger partial charge is 0.0169 e. The summed E-state index contributed by atoms with van der Waals surface area (Å²) in [6, 6.07) is 0. The van der Waals surface area contributed by atoms with E-state index in [1.807, 2.05) is 0 Å². The molecule has 1 heterocycles. The fraction of sp³-hybridized carbons (Fsp3) is 1.00. The quantitative estimate of drug-likeness (QED) is 0.572. The molecular weight excluding hydrogens is 259 g/mol. The summed E-state index contributed by atoms with van der Waals surface area (Å²) in [6.45, 7) is 4.93. The Bertz CT molecular complexity index is 352. The van der Waals surface area contributed by atoms with Crippen LogP contribution >= 0.6 is 8.58 Å². The van der Waals surface area contributed by atoms with Gasteiger partial charge in [0.2, 0.25) is 0 Å². The molecule has 1 aliphatic heterocycles. The Hall–Kier alpha value is 0.430. The van der Waals surface area contributed by atoms with Gasteiger partial charge in [0.15, 0.2) is 0 Å². The summed E-state index contributed by atoms with van der Waals surface area (Å²) in [5.74, 6) is 6.88. The third-order valence-corrected chi connectivity index (χ3v) is 10.1. The highest BCUT2D eigenvalue weighted by molar-refractivity contribution is 7.40. The number of hydrogen-bond donors (Lipinski definition) is 0. The zero-order chi connectivity index (χ0) is 13.7. The second kappa shape index (κ2) is 5.57. The Morgan fingerprint density at radius 3 is 2.45 bits per heavy atom. The molecule has 4 rings (SSSR count). The van der Waals surface area contributed by atoms with Gasteiger partial charge in [-0.2, -0.15) is 0 Å². The van der Waals surface area contributed by atoms with E-state index < -0.39 is 0 Å². The summed E-state index contributed by atoms with van der Waals surface area (Å²) >= 11 is 0. The van der Waals surface area contributed by atoms with Crippen LogP contribution in [0.15, 0.2) is 0 Å². The number of fused-ring (bicyclic) bond motifs is 2. The zero-order valence-electron chi connectivity index (χ0n) is 13.5. The maximum Gasteiger partial charge on any atom is -0.0169 e. The SMILES string of the molecule is CCC1CCC2C(CC)PC3C(CCC4CCCC14)C23. The van der Waals surface area contributed by atoms with Gasteiger partial charge in [-0.15, -0.1) is 8.58 Å². The average molecular weight is 292 g/mol. The Labute approximate surface area is 127 Å². The largest absolute Gasteiger partial charge is 0.115 e. The highest BCUT2D eigenvalue weighted by atomic mass is 31.1. The van der Waals surface area contributed by atoms with Crippen LogP contribution in [-0.4, -0.2) is 11.3 Å². The lowest BCUT2D eigenvalue weighted by atomic mass is 9.74. The third kappa shape index (κ3) is 2.20. The molecule has 0 aromatic rings. The van der Waals surface area contributed by atoms with Gasteiger partial charge >= 0.3 is 0 Å². The molecule has 0 bridgehead atoms. The van der Waals surface area contributed by atoms with Crippen LogP contribution in [0.1, 0.15) is 71.6 Å². The Kier molecular flexibility index (Phi) is 3.91. The minimum Gasteiger partial charge on any atom is -0.115 e. The highest BCUT2D eigenvalue weighted by Crippen LogP contribution is 2.69. The first-order chi connectivity index (χ1) is 9.83. The van der Waals surface area contributed by atoms with Gasteiger partial charge in [0.05, 0.1) is 0 Å². The Morgan fingerprint density at radius 2 is 1.65 bits per heavy atom. The maximum atomic E-state index is 2.47. The van der Waals surface area contributed by atoms with Gasteiger partial charge in [0, 0.05) is 0 Å². The van der Waals surface area contributed by atoms with Crippen molar-refractivity contribution in [3.63, 3.8) is 0 Å². The molecule has 0 radical (unpaired) electrons. The van der Waals surface area contributed by atoms with Crippen molar-refractivity contribution in [1.82, 2.24) is 0 Å². The fourth-order valence-corrected chi connectivity index (χ4v) is 9.23. The molecule has 3 saturated carbocycles. The molecule has 0 amide bonds. The molecule has 9 atom stereocenters. The van der Waals surface area contributed by atoms with Crippen LogP contribution in [-0.2, 0) is 0 Å². The molecule has 0 spiro atoms. The minimum absolute atomic E-state index is 1.08. The Morgan fingerprint density at radius 1 is 0.800 bits per heavy atom. The van der Waals surface area contributed by atoms with E-state index in [0.717, 1.165) is 29.3 Å². The van der Waals surface area contributed by atoms with Gasteiger partial charge in [-0.1, -0.05) is 33.1 Å². The van der Waals surface area contributed by atoms with E-state index in [-0.39, 0.29) is 0 Å². The zero-order valence-corrected chi connectivity index (χ0v) is 14.5. The Balaban J connectivity index is 1.51. The molecule has 1 heteroatoms. The molecule has 4 aliphatic rings. The summed E-state index contributed by atoms with van der Waals surface area (Å²) in [4.78, 5) is 0. The summed E-state index contributed by atoms with van der Waals surface area (Å²) in [5, 5.41) is 0. The lowest BCUT2D eigenvalue weighted by Crippen LogP contribution is -2.24. The first-order valence-corrected chi connectivity index (χ1v) is 10.7. The van der Waals surface area contributed by atoms with Crippen LogP contribution in [0.25, 0.3) is 0 Å². The molecule has 0 aromatic carbocycles. The molecule has 4 fully saturated rings. The van der Waals surface area contributed by atoms with E-state index in [1.54, 1.807) is 44.9 Å². The van der Waals surface area contributed by atoms with Crippen molar-refractivity contribution in [2.45, 2.75) is 83.0 Å². The van der Waals surface area contributed by atoms with Crippen LogP contribution < -0.4 is 0 Å². The summed E-state index contributed by atoms with van der Waals surface area (Å²) in [6.07, 6.45) is 14.0. The van der Waals surface area contributed by atoms with Crippen molar-refractivity contribution in [3.8, 4) is 0 Å². The van der Waals surface area contributed by atoms with E-state index in [1.165, 1.54) is 38.9 Å². The first kappa shape index (κ1) is 14.0. The molecule has 1 saturated heterocycles.